The Bertz CT molecular complexity index is 793. The Morgan fingerprint density at radius 1 is 1.23 bits per heavy atom. The van der Waals surface area contributed by atoms with Crippen molar-refractivity contribution in [3.05, 3.63) is 46.5 Å². The van der Waals surface area contributed by atoms with E-state index in [-0.39, 0.29) is 5.69 Å². The lowest BCUT2D eigenvalue weighted by Crippen LogP contribution is -2.26. The summed E-state index contributed by atoms with van der Waals surface area (Å²) < 4.78 is 5.14. The van der Waals surface area contributed by atoms with Crippen LogP contribution in [0, 0.1) is 10.1 Å². The first-order chi connectivity index (χ1) is 10.5. The van der Waals surface area contributed by atoms with Gasteiger partial charge >= 0.3 is 6.09 Å². The fraction of sp³-hybridized carbons (Fsp3) is 0.0714. The minimum absolute atomic E-state index is 0.0806. The smallest absolute Gasteiger partial charge is 0.416 e. The third-order valence-electron chi connectivity index (χ3n) is 3.21. The Labute approximate surface area is 129 Å². The maximum Gasteiger partial charge on any atom is 0.416 e. The van der Waals surface area contributed by atoms with Gasteiger partial charge in [-0.1, -0.05) is 11.8 Å². The molecule has 2 aromatic carbocycles. The molecule has 0 atom stereocenters. The first-order valence-corrected chi connectivity index (χ1v) is 7.00. The maximum absolute atomic E-state index is 11.6. The van der Waals surface area contributed by atoms with Crippen LogP contribution in [-0.2, 0) is 0 Å². The second-order valence-electron chi connectivity index (χ2n) is 4.46. The molecule has 0 spiro atoms. The van der Waals surface area contributed by atoms with Crippen molar-refractivity contribution in [1.29, 1.82) is 0 Å². The first-order valence-electron chi connectivity index (χ1n) is 6.18. The molecule has 0 fully saturated rings. The fourth-order valence-corrected chi connectivity index (χ4v) is 3.34. The normalized spacial score (nSPS) is 12.3. The minimum Gasteiger partial charge on any atom is -0.497 e. The summed E-state index contributed by atoms with van der Waals surface area (Å²) in [5, 5.41) is 20.4. The molecule has 0 bridgehead atoms. The average molecular weight is 318 g/mol. The number of hydrogen-bond acceptors (Lipinski definition) is 5. The van der Waals surface area contributed by atoms with Gasteiger partial charge in [0.1, 0.15) is 5.75 Å². The highest BCUT2D eigenvalue weighted by Gasteiger charge is 2.29. The monoisotopic (exact) mass is 318 g/mol. The van der Waals surface area contributed by atoms with Crippen molar-refractivity contribution in [2.45, 2.75) is 9.79 Å². The summed E-state index contributed by atoms with van der Waals surface area (Å²) >= 11 is 1.28. The van der Waals surface area contributed by atoms with Crippen LogP contribution in [0.15, 0.2) is 46.2 Å². The van der Waals surface area contributed by atoms with E-state index in [9.17, 15) is 20.0 Å². The summed E-state index contributed by atoms with van der Waals surface area (Å²) in [6, 6.07) is 9.15. The van der Waals surface area contributed by atoms with Crippen LogP contribution >= 0.6 is 11.8 Å². The Hall–Kier alpha value is -2.74. The predicted molar refractivity (Wildman–Crippen MR) is 80.4 cm³/mol. The van der Waals surface area contributed by atoms with Gasteiger partial charge in [-0.15, -0.1) is 0 Å². The van der Waals surface area contributed by atoms with Crippen LogP contribution in [0.2, 0.25) is 0 Å². The van der Waals surface area contributed by atoms with Crippen LogP contribution in [-0.4, -0.2) is 23.2 Å². The molecule has 0 saturated heterocycles. The summed E-state index contributed by atoms with van der Waals surface area (Å²) in [4.78, 5) is 24.3. The Morgan fingerprint density at radius 3 is 2.45 bits per heavy atom. The van der Waals surface area contributed by atoms with Crippen LogP contribution < -0.4 is 9.64 Å². The number of carboxylic acid groups (broad SMARTS) is 1. The van der Waals surface area contributed by atoms with E-state index in [2.05, 4.69) is 0 Å². The number of nitro benzene ring substituents is 1. The number of methoxy groups -OCH3 is 1. The minimum atomic E-state index is -1.15. The van der Waals surface area contributed by atoms with Gasteiger partial charge < -0.3 is 9.84 Å². The summed E-state index contributed by atoms with van der Waals surface area (Å²) in [5.41, 5.74) is 0.823. The van der Waals surface area contributed by atoms with Gasteiger partial charge in [0.05, 0.1) is 23.4 Å². The molecule has 1 aliphatic heterocycles. The Balaban J connectivity index is 2.18. The standard InChI is InChI=1S/C14H10N2O5S/c1-21-9-3-5-11-13(7-9)22-12-6-8(16(19)20)2-4-10(12)15(11)14(17)18/h2-7H,1H3,(H,17,18). The van der Waals surface area contributed by atoms with Crippen LogP contribution in [0.25, 0.3) is 0 Å². The second-order valence-corrected chi connectivity index (χ2v) is 5.55. The lowest BCUT2D eigenvalue weighted by molar-refractivity contribution is -0.385. The zero-order chi connectivity index (χ0) is 15.9. The van der Waals surface area contributed by atoms with E-state index in [4.69, 9.17) is 4.74 Å². The molecule has 7 nitrogen and oxygen atoms in total. The molecular formula is C14H10N2O5S. The van der Waals surface area contributed by atoms with Crippen molar-refractivity contribution in [2.24, 2.45) is 0 Å². The third kappa shape index (κ3) is 2.23. The van der Waals surface area contributed by atoms with Crippen molar-refractivity contribution in [2.75, 3.05) is 12.0 Å². The molecule has 1 heterocycles. The molecule has 3 rings (SSSR count). The van der Waals surface area contributed by atoms with E-state index in [1.165, 1.54) is 37.1 Å². The highest BCUT2D eigenvalue weighted by molar-refractivity contribution is 7.99. The lowest BCUT2D eigenvalue weighted by Gasteiger charge is -2.28. The number of anilines is 2. The number of nitrogens with zero attached hydrogens (tertiary/aromatic N) is 2. The number of carbonyl (C=O) groups is 1. The van der Waals surface area contributed by atoms with Crippen LogP contribution in [0.1, 0.15) is 0 Å². The predicted octanol–water partition coefficient (Wildman–Crippen LogP) is 3.88. The van der Waals surface area contributed by atoms with Crippen molar-refractivity contribution < 1.29 is 19.6 Å². The van der Waals surface area contributed by atoms with E-state index in [0.29, 0.717) is 26.9 Å². The molecular weight excluding hydrogens is 308 g/mol. The van der Waals surface area contributed by atoms with Crippen LogP contribution in [0.3, 0.4) is 0 Å². The largest absolute Gasteiger partial charge is 0.497 e. The number of rotatable bonds is 2. The molecule has 0 radical (unpaired) electrons. The average Bonchev–Trinajstić information content (AvgIpc) is 2.50. The number of hydrogen-bond donors (Lipinski definition) is 1. The molecule has 0 unspecified atom stereocenters. The van der Waals surface area contributed by atoms with Gasteiger partial charge in [-0.05, 0) is 24.3 Å². The molecule has 22 heavy (non-hydrogen) atoms. The molecule has 1 amide bonds. The highest BCUT2D eigenvalue weighted by atomic mass is 32.2. The molecule has 1 N–H and O–H groups in total. The van der Waals surface area contributed by atoms with Gasteiger partial charge in [0.2, 0.25) is 0 Å². The van der Waals surface area contributed by atoms with Gasteiger partial charge in [-0.25, -0.2) is 9.69 Å². The van der Waals surface area contributed by atoms with E-state index in [1.54, 1.807) is 18.2 Å². The third-order valence-corrected chi connectivity index (χ3v) is 4.31. The Kier molecular flexibility index (Phi) is 3.38. The summed E-state index contributed by atoms with van der Waals surface area (Å²) in [5.74, 6) is 0.588. The van der Waals surface area contributed by atoms with Gasteiger partial charge in [-0.3, -0.25) is 10.1 Å². The van der Waals surface area contributed by atoms with Crippen molar-refractivity contribution in [3.8, 4) is 5.75 Å². The second kappa shape index (κ2) is 5.23. The van der Waals surface area contributed by atoms with E-state index in [0.717, 1.165) is 4.90 Å². The molecule has 112 valence electrons. The van der Waals surface area contributed by atoms with Crippen LogP contribution in [0.5, 0.6) is 5.75 Å². The highest BCUT2D eigenvalue weighted by Crippen LogP contribution is 2.50. The maximum atomic E-state index is 11.6. The molecule has 0 saturated carbocycles. The molecule has 2 aromatic rings. The quantitative estimate of drug-likeness (QED) is 0.667. The van der Waals surface area contributed by atoms with Crippen molar-refractivity contribution in [3.63, 3.8) is 0 Å². The number of ether oxygens (including phenoxy) is 1. The zero-order valence-electron chi connectivity index (χ0n) is 11.3. The molecule has 8 heteroatoms. The van der Waals surface area contributed by atoms with Gasteiger partial charge in [0, 0.05) is 21.9 Å². The number of fused-ring (bicyclic) bond motifs is 2. The topological polar surface area (TPSA) is 92.9 Å². The van der Waals surface area contributed by atoms with Crippen LogP contribution in [0.4, 0.5) is 21.9 Å². The van der Waals surface area contributed by atoms with E-state index >= 15 is 0 Å². The summed E-state index contributed by atoms with van der Waals surface area (Å²) in [6.45, 7) is 0. The lowest BCUT2D eigenvalue weighted by atomic mass is 10.2. The molecule has 0 aliphatic carbocycles. The van der Waals surface area contributed by atoms with Gasteiger partial charge in [0.25, 0.3) is 5.69 Å². The summed E-state index contributed by atoms with van der Waals surface area (Å²) in [7, 11) is 1.52. The zero-order valence-corrected chi connectivity index (χ0v) is 12.2. The first kappa shape index (κ1) is 14.2. The van der Waals surface area contributed by atoms with E-state index in [1.807, 2.05) is 0 Å². The van der Waals surface area contributed by atoms with E-state index < -0.39 is 11.0 Å². The Morgan fingerprint density at radius 2 is 1.86 bits per heavy atom. The van der Waals surface area contributed by atoms with Gasteiger partial charge in [0.15, 0.2) is 0 Å². The number of amides is 1. The molecule has 0 aromatic heterocycles. The fourth-order valence-electron chi connectivity index (χ4n) is 2.23. The number of nitro groups is 1. The van der Waals surface area contributed by atoms with Gasteiger partial charge in [-0.2, -0.15) is 0 Å². The summed E-state index contributed by atoms with van der Waals surface area (Å²) in [6.07, 6.45) is -1.15. The number of non-ortho nitro benzene ring substituents is 1. The number of benzene rings is 2. The molecule has 1 aliphatic rings. The van der Waals surface area contributed by atoms with Crippen molar-refractivity contribution >= 4 is 34.9 Å². The SMILES string of the molecule is COc1ccc2c(c1)Sc1cc([N+](=O)[O-])ccc1N2C(=O)O. The van der Waals surface area contributed by atoms with Crippen molar-refractivity contribution in [1.82, 2.24) is 0 Å².